The van der Waals surface area contributed by atoms with Gasteiger partial charge in [0.1, 0.15) is 11.5 Å². The lowest BCUT2D eigenvalue weighted by atomic mass is 9.90. The van der Waals surface area contributed by atoms with Gasteiger partial charge in [0.2, 0.25) is 0 Å². The van der Waals surface area contributed by atoms with E-state index in [0.29, 0.717) is 12.2 Å². The summed E-state index contributed by atoms with van der Waals surface area (Å²) in [5.74, 6) is 1.55. The first-order valence-corrected chi connectivity index (χ1v) is 6.66. The van der Waals surface area contributed by atoms with Crippen LogP contribution in [-0.4, -0.2) is 26.0 Å². The van der Waals surface area contributed by atoms with E-state index in [2.05, 4.69) is 5.32 Å². The number of nitrogens with one attached hydrogen (secondary N) is 1. The number of carbonyl (C=O) groups is 1. The van der Waals surface area contributed by atoms with Gasteiger partial charge in [0, 0.05) is 12.3 Å². The van der Waals surface area contributed by atoms with E-state index >= 15 is 0 Å². The molecule has 3 nitrogen and oxygen atoms in total. The molecule has 1 aromatic rings. The molecule has 0 atom stereocenters. The number of benzene rings is 1. The molecule has 3 heteroatoms. The van der Waals surface area contributed by atoms with Crippen molar-refractivity contribution in [3.05, 3.63) is 29.8 Å². The van der Waals surface area contributed by atoms with Gasteiger partial charge < -0.3 is 10.1 Å². The van der Waals surface area contributed by atoms with Gasteiger partial charge in [-0.25, -0.2) is 0 Å². The number of piperidine rings is 1. The molecule has 1 aromatic carbocycles. The summed E-state index contributed by atoms with van der Waals surface area (Å²) in [5, 5.41) is 3.29. The highest BCUT2D eigenvalue weighted by Crippen LogP contribution is 2.21. The topological polar surface area (TPSA) is 38.3 Å². The molecule has 0 unspecified atom stereocenters. The fourth-order valence-corrected chi connectivity index (χ4v) is 2.52. The summed E-state index contributed by atoms with van der Waals surface area (Å²) in [5.41, 5.74) is 1.13. The predicted octanol–water partition coefficient (Wildman–Crippen LogP) is 2.20. The minimum Gasteiger partial charge on any atom is -0.496 e. The van der Waals surface area contributed by atoms with Crippen LogP contribution in [0, 0.1) is 5.92 Å². The third-order valence-electron chi connectivity index (χ3n) is 3.63. The molecule has 0 saturated carbocycles. The van der Waals surface area contributed by atoms with E-state index < -0.39 is 0 Å². The van der Waals surface area contributed by atoms with E-state index in [1.165, 1.54) is 0 Å². The van der Waals surface area contributed by atoms with Gasteiger partial charge in [-0.15, -0.1) is 0 Å². The molecule has 1 saturated heterocycles. The standard InChI is InChI=1S/C15H21NO2/c1-18-15-5-3-2-4-13(15)6-7-14(17)12-8-10-16-11-9-12/h2-5,12,16H,6-11H2,1H3. The van der Waals surface area contributed by atoms with Crippen LogP contribution in [0.4, 0.5) is 0 Å². The summed E-state index contributed by atoms with van der Waals surface area (Å²) in [6.07, 6.45) is 3.40. The zero-order valence-corrected chi connectivity index (χ0v) is 10.9. The summed E-state index contributed by atoms with van der Waals surface area (Å²) >= 11 is 0. The molecule has 18 heavy (non-hydrogen) atoms. The van der Waals surface area contributed by atoms with Crippen LogP contribution in [0.1, 0.15) is 24.8 Å². The van der Waals surface area contributed by atoms with Gasteiger partial charge >= 0.3 is 0 Å². The number of carbonyl (C=O) groups excluding carboxylic acids is 1. The largest absolute Gasteiger partial charge is 0.496 e. The minimum atomic E-state index is 0.265. The summed E-state index contributed by atoms with van der Waals surface area (Å²) in [4.78, 5) is 12.1. The number of ether oxygens (including phenoxy) is 1. The van der Waals surface area contributed by atoms with Gasteiger partial charge in [-0.05, 0) is 44.0 Å². The van der Waals surface area contributed by atoms with Crippen LogP contribution >= 0.6 is 0 Å². The molecule has 0 aliphatic carbocycles. The molecule has 1 aliphatic rings. The molecule has 1 heterocycles. The van der Waals surface area contributed by atoms with E-state index in [4.69, 9.17) is 4.74 Å². The third-order valence-corrected chi connectivity index (χ3v) is 3.63. The number of aryl methyl sites for hydroxylation is 1. The van der Waals surface area contributed by atoms with E-state index in [1.54, 1.807) is 7.11 Å². The van der Waals surface area contributed by atoms with Crippen LogP contribution in [-0.2, 0) is 11.2 Å². The van der Waals surface area contributed by atoms with Crippen molar-refractivity contribution in [2.24, 2.45) is 5.92 Å². The Hall–Kier alpha value is -1.35. The molecule has 0 radical (unpaired) electrons. The van der Waals surface area contributed by atoms with Gasteiger partial charge in [-0.3, -0.25) is 4.79 Å². The number of para-hydroxylation sites is 1. The lowest BCUT2D eigenvalue weighted by molar-refractivity contribution is -0.123. The fraction of sp³-hybridized carbons (Fsp3) is 0.533. The van der Waals surface area contributed by atoms with Crippen molar-refractivity contribution in [2.75, 3.05) is 20.2 Å². The molecule has 2 rings (SSSR count). The lowest BCUT2D eigenvalue weighted by Crippen LogP contribution is -2.31. The van der Waals surface area contributed by atoms with Gasteiger partial charge in [0.15, 0.2) is 0 Å². The van der Waals surface area contributed by atoms with Gasteiger partial charge in [-0.2, -0.15) is 0 Å². The maximum absolute atomic E-state index is 12.1. The number of Topliss-reactive ketones (excluding diaryl/α,β-unsaturated/α-hetero) is 1. The Bertz CT molecular complexity index is 397. The molecule has 0 aromatic heterocycles. The zero-order valence-electron chi connectivity index (χ0n) is 10.9. The van der Waals surface area contributed by atoms with Crippen molar-refractivity contribution >= 4 is 5.78 Å². The highest BCUT2D eigenvalue weighted by Gasteiger charge is 2.20. The van der Waals surface area contributed by atoms with Crippen molar-refractivity contribution in [2.45, 2.75) is 25.7 Å². The van der Waals surface area contributed by atoms with Crippen molar-refractivity contribution in [3.63, 3.8) is 0 Å². The number of ketones is 1. The Morgan fingerprint density at radius 3 is 2.78 bits per heavy atom. The van der Waals surface area contributed by atoms with Gasteiger partial charge in [-0.1, -0.05) is 18.2 Å². The Morgan fingerprint density at radius 2 is 2.06 bits per heavy atom. The van der Waals surface area contributed by atoms with Gasteiger partial charge in [0.05, 0.1) is 7.11 Å². The second-order valence-electron chi connectivity index (χ2n) is 4.80. The van der Waals surface area contributed by atoms with Crippen LogP contribution in [0.15, 0.2) is 24.3 Å². The van der Waals surface area contributed by atoms with Crippen LogP contribution < -0.4 is 10.1 Å². The molecular formula is C15H21NO2. The highest BCUT2D eigenvalue weighted by atomic mass is 16.5. The second kappa shape index (κ2) is 6.55. The van der Waals surface area contributed by atoms with E-state index in [-0.39, 0.29) is 5.92 Å². The molecule has 1 N–H and O–H groups in total. The number of methoxy groups -OCH3 is 1. The molecule has 0 spiro atoms. The van der Waals surface area contributed by atoms with Crippen molar-refractivity contribution < 1.29 is 9.53 Å². The summed E-state index contributed by atoms with van der Waals surface area (Å²) in [6.45, 7) is 1.95. The molecule has 0 amide bonds. The first kappa shape index (κ1) is 13.1. The third kappa shape index (κ3) is 3.33. The predicted molar refractivity (Wildman–Crippen MR) is 71.9 cm³/mol. The van der Waals surface area contributed by atoms with Crippen molar-refractivity contribution in [3.8, 4) is 5.75 Å². The smallest absolute Gasteiger partial charge is 0.136 e. The van der Waals surface area contributed by atoms with E-state index in [1.807, 2.05) is 24.3 Å². The average Bonchev–Trinajstić information content (AvgIpc) is 2.46. The number of rotatable bonds is 5. The first-order valence-electron chi connectivity index (χ1n) is 6.66. The number of hydrogen-bond acceptors (Lipinski definition) is 3. The Morgan fingerprint density at radius 1 is 1.33 bits per heavy atom. The van der Waals surface area contributed by atoms with Crippen molar-refractivity contribution in [1.29, 1.82) is 0 Å². The normalized spacial score (nSPS) is 16.5. The maximum Gasteiger partial charge on any atom is 0.136 e. The molecule has 98 valence electrons. The molecule has 0 bridgehead atoms. The average molecular weight is 247 g/mol. The Balaban J connectivity index is 1.88. The monoisotopic (exact) mass is 247 g/mol. The summed E-state index contributed by atoms with van der Waals surface area (Å²) < 4.78 is 5.30. The van der Waals surface area contributed by atoms with Gasteiger partial charge in [0.25, 0.3) is 0 Å². The minimum absolute atomic E-state index is 0.265. The van der Waals surface area contributed by atoms with Crippen LogP contribution in [0.2, 0.25) is 0 Å². The second-order valence-corrected chi connectivity index (χ2v) is 4.80. The Kier molecular flexibility index (Phi) is 4.76. The van der Waals surface area contributed by atoms with Crippen LogP contribution in [0.3, 0.4) is 0 Å². The number of hydrogen-bond donors (Lipinski definition) is 1. The fourth-order valence-electron chi connectivity index (χ4n) is 2.52. The molecule has 1 aliphatic heterocycles. The quantitative estimate of drug-likeness (QED) is 0.867. The van der Waals surface area contributed by atoms with E-state index in [9.17, 15) is 4.79 Å². The SMILES string of the molecule is COc1ccccc1CCC(=O)C1CCNCC1. The lowest BCUT2D eigenvalue weighted by Gasteiger charge is -2.21. The summed E-state index contributed by atoms with van der Waals surface area (Å²) in [6, 6.07) is 7.93. The van der Waals surface area contributed by atoms with Crippen molar-refractivity contribution in [1.82, 2.24) is 5.32 Å². The maximum atomic E-state index is 12.1. The highest BCUT2D eigenvalue weighted by molar-refractivity contribution is 5.81. The van der Waals surface area contributed by atoms with Crippen LogP contribution in [0.25, 0.3) is 0 Å². The van der Waals surface area contributed by atoms with Crippen LogP contribution in [0.5, 0.6) is 5.75 Å². The molecule has 1 fully saturated rings. The van der Waals surface area contributed by atoms with E-state index in [0.717, 1.165) is 43.7 Å². The Labute approximate surface area is 109 Å². The first-order chi connectivity index (χ1) is 8.81. The molecular weight excluding hydrogens is 226 g/mol. The summed E-state index contributed by atoms with van der Waals surface area (Å²) in [7, 11) is 1.67. The zero-order chi connectivity index (χ0) is 12.8.